The van der Waals surface area contributed by atoms with Gasteiger partial charge in [-0.2, -0.15) is 0 Å². The van der Waals surface area contributed by atoms with Gasteiger partial charge >= 0.3 is 0 Å². The van der Waals surface area contributed by atoms with Crippen molar-refractivity contribution in [1.29, 1.82) is 0 Å². The predicted octanol–water partition coefficient (Wildman–Crippen LogP) is -0.406. The number of hydrogen-bond donors (Lipinski definition) is 5. The highest BCUT2D eigenvalue weighted by Crippen LogP contribution is 2.20. The molecule has 0 aliphatic carbocycles. The summed E-state index contributed by atoms with van der Waals surface area (Å²) in [5.74, 6) is -0.198. The van der Waals surface area contributed by atoms with E-state index >= 15 is 0 Å². The Morgan fingerprint density at radius 2 is 1.89 bits per heavy atom. The van der Waals surface area contributed by atoms with Gasteiger partial charge < -0.3 is 35.8 Å². The van der Waals surface area contributed by atoms with Crippen molar-refractivity contribution in [3.63, 3.8) is 0 Å². The standard InChI is InChI=1S/C19H36N2O7/c1-3-4-5-8-13(12(2)23)21-15(24)9-6-7-10-27-19-16(20)18(26)17(25)14(11-22)28-19/h13-14,16-19,22,25-26H,3-11,20H2,1-2H3,(H,21,24)/t13?,14?,16-,17-,18?,19+/m0/s1. The number of nitrogens with one attached hydrogen (secondary N) is 1. The third-order valence-corrected chi connectivity index (χ3v) is 4.93. The molecule has 1 fully saturated rings. The van der Waals surface area contributed by atoms with E-state index in [2.05, 4.69) is 12.2 Å². The molecule has 1 saturated heterocycles. The molecule has 28 heavy (non-hydrogen) atoms. The second kappa shape index (κ2) is 13.2. The van der Waals surface area contributed by atoms with Gasteiger partial charge in [-0.3, -0.25) is 9.59 Å². The summed E-state index contributed by atoms with van der Waals surface area (Å²) in [6.07, 6.45) is 0.637. The Hall–Kier alpha value is -1.10. The van der Waals surface area contributed by atoms with Gasteiger partial charge in [-0.15, -0.1) is 0 Å². The van der Waals surface area contributed by atoms with E-state index in [0.717, 1.165) is 19.3 Å². The van der Waals surface area contributed by atoms with Crippen molar-refractivity contribution in [2.75, 3.05) is 13.2 Å². The van der Waals surface area contributed by atoms with Crippen LogP contribution in [0.5, 0.6) is 0 Å². The lowest BCUT2D eigenvalue weighted by atomic mass is 9.98. The second-order valence-corrected chi connectivity index (χ2v) is 7.34. The van der Waals surface area contributed by atoms with Gasteiger partial charge in [0.25, 0.3) is 0 Å². The second-order valence-electron chi connectivity index (χ2n) is 7.34. The zero-order chi connectivity index (χ0) is 21.1. The lowest BCUT2D eigenvalue weighted by Gasteiger charge is -2.40. The molecule has 6 atom stereocenters. The summed E-state index contributed by atoms with van der Waals surface area (Å²) in [6.45, 7) is 3.37. The Morgan fingerprint density at radius 3 is 2.50 bits per heavy atom. The number of rotatable bonds is 13. The molecular formula is C19H36N2O7. The van der Waals surface area contributed by atoms with Crippen LogP contribution in [0.15, 0.2) is 0 Å². The van der Waals surface area contributed by atoms with Crippen LogP contribution in [-0.2, 0) is 19.1 Å². The predicted molar refractivity (Wildman–Crippen MR) is 102 cm³/mol. The molecule has 1 aliphatic heterocycles. The molecule has 0 aromatic rings. The highest BCUT2D eigenvalue weighted by atomic mass is 16.7. The van der Waals surface area contributed by atoms with Crippen molar-refractivity contribution in [1.82, 2.24) is 5.32 Å². The summed E-state index contributed by atoms with van der Waals surface area (Å²) in [5.41, 5.74) is 5.79. The first-order valence-electron chi connectivity index (χ1n) is 10.1. The fraction of sp³-hybridized carbons (Fsp3) is 0.895. The van der Waals surface area contributed by atoms with Crippen LogP contribution in [0.2, 0.25) is 0 Å². The lowest BCUT2D eigenvalue weighted by Crippen LogP contribution is -2.62. The van der Waals surface area contributed by atoms with E-state index in [9.17, 15) is 24.9 Å². The van der Waals surface area contributed by atoms with E-state index in [-0.39, 0.29) is 24.7 Å². The maximum atomic E-state index is 12.0. The maximum Gasteiger partial charge on any atom is 0.220 e. The van der Waals surface area contributed by atoms with Crippen molar-refractivity contribution >= 4 is 11.7 Å². The van der Waals surface area contributed by atoms with Crippen LogP contribution in [-0.4, -0.2) is 76.9 Å². The Balaban J connectivity index is 2.27. The van der Waals surface area contributed by atoms with Crippen LogP contribution in [0.3, 0.4) is 0 Å². The molecule has 6 N–H and O–H groups in total. The number of carbonyl (C=O) groups is 2. The summed E-state index contributed by atoms with van der Waals surface area (Å²) >= 11 is 0. The molecule has 3 unspecified atom stereocenters. The van der Waals surface area contributed by atoms with Crippen LogP contribution in [0, 0.1) is 0 Å². The summed E-state index contributed by atoms with van der Waals surface area (Å²) in [5, 5.41) is 31.6. The molecule has 1 amide bonds. The van der Waals surface area contributed by atoms with Crippen LogP contribution >= 0.6 is 0 Å². The van der Waals surface area contributed by atoms with Gasteiger partial charge in [-0.05, 0) is 26.2 Å². The number of ether oxygens (including phenoxy) is 2. The topological polar surface area (TPSA) is 151 Å². The molecule has 1 heterocycles. The van der Waals surface area contributed by atoms with Crippen molar-refractivity contribution in [3.8, 4) is 0 Å². The van der Waals surface area contributed by atoms with E-state index in [1.165, 1.54) is 6.92 Å². The molecule has 9 nitrogen and oxygen atoms in total. The highest BCUT2D eigenvalue weighted by Gasteiger charge is 2.42. The quantitative estimate of drug-likeness (QED) is 0.260. The van der Waals surface area contributed by atoms with Crippen LogP contribution in [0.25, 0.3) is 0 Å². The first-order chi connectivity index (χ1) is 13.3. The van der Waals surface area contributed by atoms with Crippen LogP contribution < -0.4 is 11.1 Å². The number of amides is 1. The minimum Gasteiger partial charge on any atom is -0.394 e. The van der Waals surface area contributed by atoms with Crippen molar-refractivity contribution in [2.45, 2.75) is 95.5 Å². The minimum atomic E-state index is -1.27. The number of ketones is 1. The van der Waals surface area contributed by atoms with Gasteiger partial charge in [0, 0.05) is 13.0 Å². The molecule has 0 saturated carbocycles. The molecule has 0 radical (unpaired) electrons. The van der Waals surface area contributed by atoms with Crippen LogP contribution in [0.4, 0.5) is 0 Å². The van der Waals surface area contributed by atoms with Crippen molar-refractivity contribution in [2.24, 2.45) is 5.73 Å². The van der Waals surface area contributed by atoms with Gasteiger partial charge in [0.1, 0.15) is 18.3 Å². The summed E-state index contributed by atoms with van der Waals surface area (Å²) < 4.78 is 10.9. The molecule has 1 aliphatic rings. The number of carbonyl (C=O) groups excluding carboxylic acids is 2. The number of aliphatic hydroxyl groups excluding tert-OH is 3. The fourth-order valence-electron chi connectivity index (χ4n) is 3.08. The summed E-state index contributed by atoms with van der Waals surface area (Å²) in [6, 6.07) is -1.35. The highest BCUT2D eigenvalue weighted by molar-refractivity contribution is 5.87. The van der Waals surface area contributed by atoms with Gasteiger partial charge in [0.05, 0.1) is 18.7 Å². The number of Topliss-reactive ketones (excluding diaryl/α,β-unsaturated/α-hetero) is 1. The van der Waals surface area contributed by atoms with E-state index < -0.39 is 43.3 Å². The molecular weight excluding hydrogens is 368 g/mol. The lowest BCUT2D eigenvalue weighted by molar-refractivity contribution is -0.265. The minimum absolute atomic E-state index is 0.0320. The Kier molecular flexibility index (Phi) is 11.7. The average Bonchev–Trinajstić information content (AvgIpc) is 2.66. The Bertz CT molecular complexity index is 475. The molecule has 0 bridgehead atoms. The normalized spacial score (nSPS) is 28.7. The number of nitrogens with two attached hydrogens (primary N) is 1. The zero-order valence-electron chi connectivity index (χ0n) is 16.9. The van der Waals surface area contributed by atoms with E-state index in [4.69, 9.17) is 15.2 Å². The van der Waals surface area contributed by atoms with Gasteiger partial charge in [0.15, 0.2) is 12.1 Å². The van der Waals surface area contributed by atoms with Crippen LogP contribution in [0.1, 0.15) is 58.8 Å². The van der Waals surface area contributed by atoms with Gasteiger partial charge in [0.2, 0.25) is 5.91 Å². The largest absolute Gasteiger partial charge is 0.394 e. The first kappa shape index (κ1) is 24.9. The average molecular weight is 405 g/mol. The molecule has 164 valence electrons. The molecule has 0 aromatic heterocycles. The first-order valence-corrected chi connectivity index (χ1v) is 10.1. The third-order valence-electron chi connectivity index (χ3n) is 4.93. The van der Waals surface area contributed by atoms with E-state index in [0.29, 0.717) is 19.3 Å². The third kappa shape index (κ3) is 8.10. The molecule has 9 heteroatoms. The smallest absolute Gasteiger partial charge is 0.220 e. The van der Waals surface area contributed by atoms with E-state index in [1.54, 1.807) is 0 Å². The zero-order valence-corrected chi connectivity index (χ0v) is 16.9. The SMILES string of the molecule is CCCCCC(NC(=O)CCCCO[C@@H]1OC(CO)[C@H](O)C(O)[C@@H]1N)C(C)=O. The van der Waals surface area contributed by atoms with E-state index in [1.807, 2.05) is 0 Å². The number of aliphatic hydroxyl groups is 3. The summed E-state index contributed by atoms with van der Waals surface area (Å²) in [4.78, 5) is 23.7. The maximum absolute atomic E-state index is 12.0. The summed E-state index contributed by atoms with van der Waals surface area (Å²) in [7, 11) is 0. The van der Waals surface area contributed by atoms with Crippen molar-refractivity contribution < 1.29 is 34.4 Å². The Labute approximate surface area is 166 Å². The fourth-order valence-corrected chi connectivity index (χ4v) is 3.08. The van der Waals surface area contributed by atoms with Gasteiger partial charge in [-0.25, -0.2) is 0 Å². The molecule has 0 aromatic carbocycles. The Morgan fingerprint density at radius 1 is 1.18 bits per heavy atom. The van der Waals surface area contributed by atoms with Crippen molar-refractivity contribution in [3.05, 3.63) is 0 Å². The monoisotopic (exact) mass is 404 g/mol. The molecule has 0 spiro atoms. The number of unbranched alkanes of at least 4 members (excludes halogenated alkanes) is 3. The van der Waals surface area contributed by atoms with Gasteiger partial charge in [-0.1, -0.05) is 26.2 Å². The number of hydrogen-bond acceptors (Lipinski definition) is 8. The molecule has 1 rings (SSSR count).